The van der Waals surface area contributed by atoms with Gasteiger partial charge in [0.25, 0.3) is 0 Å². The van der Waals surface area contributed by atoms with Crippen molar-refractivity contribution in [3.63, 3.8) is 0 Å². The number of aromatic carboxylic acids is 1. The highest BCUT2D eigenvalue weighted by molar-refractivity contribution is 7.11. The minimum absolute atomic E-state index is 0.0110. The lowest BCUT2D eigenvalue weighted by Crippen LogP contribution is -1.94. The third-order valence-corrected chi connectivity index (χ3v) is 2.86. The number of benzene rings is 1. The molecule has 82 valence electrons. The summed E-state index contributed by atoms with van der Waals surface area (Å²) in [6.07, 6.45) is 0. The molecule has 0 saturated carbocycles. The summed E-state index contributed by atoms with van der Waals surface area (Å²) in [6.45, 7) is 1.77. The van der Waals surface area contributed by atoms with Gasteiger partial charge in [0.15, 0.2) is 0 Å². The van der Waals surface area contributed by atoms with Crippen molar-refractivity contribution in [3.8, 4) is 11.3 Å². The molecule has 5 heteroatoms. The van der Waals surface area contributed by atoms with Gasteiger partial charge in [0, 0.05) is 10.9 Å². The van der Waals surface area contributed by atoms with E-state index in [0.717, 1.165) is 16.9 Å². The molecule has 0 fully saturated rings. The summed E-state index contributed by atoms with van der Waals surface area (Å²) in [5, 5.41) is 10.3. The number of hydrogen-bond donors (Lipinski definition) is 1. The Morgan fingerprint density at radius 1 is 1.44 bits per heavy atom. The molecule has 0 aliphatic carbocycles. The van der Waals surface area contributed by atoms with Gasteiger partial charge in [-0.25, -0.2) is 14.2 Å². The monoisotopic (exact) mass is 237 g/mol. The lowest BCUT2D eigenvalue weighted by Gasteiger charge is -1.99. The van der Waals surface area contributed by atoms with Gasteiger partial charge < -0.3 is 5.11 Å². The maximum atomic E-state index is 13.1. The Labute approximate surface area is 95.2 Å². The van der Waals surface area contributed by atoms with Crippen LogP contribution in [0.15, 0.2) is 23.6 Å². The van der Waals surface area contributed by atoms with Gasteiger partial charge in [0.1, 0.15) is 5.82 Å². The summed E-state index contributed by atoms with van der Waals surface area (Å²) in [5.74, 6) is -1.41. The Balaban J connectivity index is 2.46. The largest absolute Gasteiger partial charge is 0.476 e. The van der Waals surface area contributed by atoms with Crippen LogP contribution in [0.25, 0.3) is 11.3 Å². The molecular weight excluding hydrogens is 229 g/mol. The predicted octanol–water partition coefficient (Wildman–Crippen LogP) is 2.96. The van der Waals surface area contributed by atoms with Gasteiger partial charge in [-0.2, -0.15) is 0 Å². The van der Waals surface area contributed by atoms with Crippen LogP contribution < -0.4 is 0 Å². The molecule has 16 heavy (non-hydrogen) atoms. The first kappa shape index (κ1) is 10.8. The summed E-state index contributed by atoms with van der Waals surface area (Å²) >= 11 is 1.03. The number of nitrogens with zero attached hydrogens (tertiary/aromatic N) is 1. The average molecular weight is 237 g/mol. The molecule has 0 unspecified atom stereocenters. The molecule has 1 heterocycles. The highest BCUT2D eigenvalue weighted by atomic mass is 32.1. The van der Waals surface area contributed by atoms with Crippen LogP contribution in [-0.4, -0.2) is 16.1 Å². The number of carboxylic acid groups (broad SMARTS) is 1. The zero-order valence-corrected chi connectivity index (χ0v) is 9.21. The highest BCUT2D eigenvalue weighted by Crippen LogP contribution is 2.23. The molecule has 2 rings (SSSR count). The maximum absolute atomic E-state index is 13.1. The molecule has 1 aromatic carbocycles. The van der Waals surface area contributed by atoms with Crippen molar-refractivity contribution in [2.24, 2.45) is 0 Å². The Morgan fingerprint density at radius 2 is 2.19 bits per heavy atom. The smallest absolute Gasteiger partial charge is 0.365 e. The van der Waals surface area contributed by atoms with E-state index < -0.39 is 5.97 Å². The molecule has 0 bridgehead atoms. The van der Waals surface area contributed by atoms with Crippen LogP contribution in [0.5, 0.6) is 0 Å². The number of carboxylic acids is 1. The molecule has 0 radical (unpaired) electrons. The Kier molecular flexibility index (Phi) is 2.70. The van der Waals surface area contributed by atoms with Crippen molar-refractivity contribution < 1.29 is 14.3 Å². The number of aryl methyl sites for hydroxylation is 1. The van der Waals surface area contributed by atoms with Crippen LogP contribution in [0.3, 0.4) is 0 Å². The standard InChI is InChI=1S/C11H8FNO2S/c1-6-2-7(4-8(12)3-6)9-5-16-10(13-9)11(14)15/h2-5H,1H3,(H,14,15). The maximum Gasteiger partial charge on any atom is 0.365 e. The van der Waals surface area contributed by atoms with Crippen LogP contribution in [0.1, 0.15) is 15.4 Å². The minimum Gasteiger partial charge on any atom is -0.476 e. The topological polar surface area (TPSA) is 50.2 Å². The predicted molar refractivity (Wildman–Crippen MR) is 59.2 cm³/mol. The normalized spacial score (nSPS) is 10.4. The zero-order chi connectivity index (χ0) is 11.7. The first-order valence-corrected chi connectivity index (χ1v) is 5.40. The molecule has 0 aliphatic rings. The summed E-state index contributed by atoms with van der Waals surface area (Å²) in [4.78, 5) is 14.6. The van der Waals surface area contributed by atoms with E-state index in [-0.39, 0.29) is 10.8 Å². The van der Waals surface area contributed by atoms with Crippen molar-refractivity contribution in [3.05, 3.63) is 40.0 Å². The van der Waals surface area contributed by atoms with Crippen molar-refractivity contribution in [1.82, 2.24) is 4.98 Å². The fraction of sp³-hybridized carbons (Fsp3) is 0.0909. The van der Waals surface area contributed by atoms with Gasteiger partial charge in [-0.1, -0.05) is 0 Å². The summed E-state index contributed by atoms with van der Waals surface area (Å²) < 4.78 is 13.1. The SMILES string of the molecule is Cc1cc(F)cc(-c2csc(C(=O)O)n2)c1. The number of aromatic nitrogens is 1. The fourth-order valence-corrected chi connectivity index (χ4v) is 2.05. The highest BCUT2D eigenvalue weighted by Gasteiger charge is 2.10. The molecule has 0 saturated heterocycles. The van der Waals surface area contributed by atoms with Gasteiger partial charge in [-0.15, -0.1) is 11.3 Å². The van der Waals surface area contributed by atoms with E-state index in [0.29, 0.717) is 11.3 Å². The summed E-state index contributed by atoms with van der Waals surface area (Å²) in [7, 11) is 0. The van der Waals surface area contributed by atoms with Crippen molar-refractivity contribution >= 4 is 17.3 Å². The van der Waals surface area contributed by atoms with Crippen LogP contribution >= 0.6 is 11.3 Å². The number of carbonyl (C=O) groups is 1. The summed E-state index contributed by atoms with van der Waals surface area (Å²) in [6, 6.07) is 4.52. The van der Waals surface area contributed by atoms with E-state index in [1.807, 2.05) is 0 Å². The van der Waals surface area contributed by atoms with Gasteiger partial charge >= 0.3 is 5.97 Å². The second-order valence-electron chi connectivity index (χ2n) is 3.36. The van der Waals surface area contributed by atoms with E-state index >= 15 is 0 Å². The van der Waals surface area contributed by atoms with Gasteiger partial charge in [-0.05, 0) is 30.7 Å². The third kappa shape index (κ3) is 2.09. The first-order valence-electron chi connectivity index (χ1n) is 4.52. The number of thiazole rings is 1. The van der Waals surface area contributed by atoms with E-state index in [2.05, 4.69) is 4.98 Å². The minimum atomic E-state index is -1.07. The molecule has 0 atom stereocenters. The number of halogens is 1. The lowest BCUT2D eigenvalue weighted by molar-refractivity contribution is 0.0696. The first-order chi connectivity index (χ1) is 7.56. The Morgan fingerprint density at radius 3 is 2.75 bits per heavy atom. The van der Waals surface area contributed by atoms with E-state index in [1.165, 1.54) is 12.1 Å². The second kappa shape index (κ2) is 4.02. The van der Waals surface area contributed by atoms with Crippen LogP contribution in [0, 0.1) is 12.7 Å². The molecule has 0 amide bonds. The van der Waals surface area contributed by atoms with E-state index in [9.17, 15) is 9.18 Å². The third-order valence-electron chi connectivity index (χ3n) is 2.03. The quantitative estimate of drug-likeness (QED) is 0.873. The fourth-order valence-electron chi connectivity index (χ4n) is 1.39. The zero-order valence-electron chi connectivity index (χ0n) is 8.40. The van der Waals surface area contributed by atoms with E-state index in [1.54, 1.807) is 18.4 Å². The van der Waals surface area contributed by atoms with Crippen LogP contribution in [0.2, 0.25) is 0 Å². The summed E-state index contributed by atoms with van der Waals surface area (Å²) in [5.41, 5.74) is 1.87. The molecule has 0 aliphatic heterocycles. The van der Waals surface area contributed by atoms with E-state index in [4.69, 9.17) is 5.11 Å². The van der Waals surface area contributed by atoms with Crippen LogP contribution in [-0.2, 0) is 0 Å². The van der Waals surface area contributed by atoms with Crippen LogP contribution in [0.4, 0.5) is 4.39 Å². The van der Waals surface area contributed by atoms with Gasteiger partial charge in [0.05, 0.1) is 5.69 Å². The van der Waals surface area contributed by atoms with Gasteiger partial charge in [-0.3, -0.25) is 0 Å². The second-order valence-corrected chi connectivity index (χ2v) is 4.22. The van der Waals surface area contributed by atoms with Gasteiger partial charge in [0.2, 0.25) is 5.01 Å². The molecule has 2 aromatic rings. The average Bonchev–Trinajstić information content (AvgIpc) is 2.64. The number of rotatable bonds is 2. The van der Waals surface area contributed by atoms with Crippen molar-refractivity contribution in [2.45, 2.75) is 6.92 Å². The Bertz CT molecular complexity index is 530. The molecule has 1 aromatic heterocycles. The molecule has 1 N–H and O–H groups in total. The molecule has 3 nitrogen and oxygen atoms in total. The van der Waals surface area contributed by atoms with Crippen molar-refractivity contribution in [2.75, 3.05) is 0 Å². The molecule has 0 spiro atoms. The lowest BCUT2D eigenvalue weighted by atomic mass is 10.1. The molecular formula is C11H8FNO2S. The number of hydrogen-bond acceptors (Lipinski definition) is 3. The van der Waals surface area contributed by atoms with Crippen molar-refractivity contribution in [1.29, 1.82) is 0 Å². The Hall–Kier alpha value is -1.75.